The molecule has 1 N–H and O–H groups in total. The molecule has 0 aromatic heterocycles. The smallest absolute Gasteiger partial charge is 0.242 e. The van der Waals surface area contributed by atoms with E-state index in [1.54, 1.807) is 6.92 Å². The van der Waals surface area contributed by atoms with Crippen LogP contribution in [-0.2, 0) is 9.53 Å². The molecule has 1 amide bonds. The molecule has 1 aromatic carbocycles. The van der Waals surface area contributed by atoms with Crippen LogP contribution in [0.25, 0.3) is 0 Å². The van der Waals surface area contributed by atoms with Crippen LogP contribution in [0.15, 0.2) is 18.2 Å². The largest absolute Gasteiger partial charge is 0.378 e. The molecule has 2 rings (SSSR count). The monoisotopic (exact) mass is 282 g/mol. The van der Waals surface area contributed by atoms with Gasteiger partial charge < -0.3 is 15.0 Å². The van der Waals surface area contributed by atoms with Crippen molar-refractivity contribution in [3.05, 3.63) is 23.8 Å². The molecule has 5 heteroatoms. The highest BCUT2D eigenvalue weighted by atomic mass is 35.5. The molecule has 1 fully saturated rings. The van der Waals surface area contributed by atoms with Crippen LogP contribution < -0.4 is 10.2 Å². The van der Waals surface area contributed by atoms with E-state index >= 15 is 0 Å². The van der Waals surface area contributed by atoms with Gasteiger partial charge in [0.05, 0.1) is 24.6 Å². The first-order valence-corrected chi connectivity index (χ1v) is 6.90. The minimum absolute atomic E-state index is 0.179. The number of carbonyl (C=O) groups excluding carboxylic acids is 1. The summed E-state index contributed by atoms with van der Waals surface area (Å²) in [4.78, 5) is 14.0. The number of halogens is 1. The Balaban J connectivity index is 2.24. The molecule has 1 atom stereocenters. The van der Waals surface area contributed by atoms with Gasteiger partial charge in [-0.15, -0.1) is 11.6 Å². The van der Waals surface area contributed by atoms with Gasteiger partial charge in [0.15, 0.2) is 0 Å². The highest BCUT2D eigenvalue weighted by Gasteiger charge is 2.17. The fraction of sp³-hybridized carbons (Fsp3) is 0.500. The van der Waals surface area contributed by atoms with Crippen molar-refractivity contribution in [1.29, 1.82) is 0 Å². The number of hydrogen-bond acceptors (Lipinski definition) is 3. The first kappa shape index (κ1) is 14.2. The molecule has 1 aliphatic rings. The zero-order chi connectivity index (χ0) is 13.8. The maximum absolute atomic E-state index is 11.8. The predicted octanol–water partition coefficient (Wildman–Crippen LogP) is 2.40. The summed E-state index contributed by atoms with van der Waals surface area (Å²) >= 11 is 5.81. The van der Waals surface area contributed by atoms with Crippen molar-refractivity contribution < 1.29 is 9.53 Å². The number of morpholine rings is 1. The summed E-state index contributed by atoms with van der Waals surface area (Å²) < 4.78 is 5.35. The average molecular weight is 283 g/mol. The standard InChI is InChI=1S/C14H19ClN2O2/c1-10-3-4-13(17-5-7-19-8-6-17)12(9-10)16-14(18)11(2)15/h3-4,9,11H,5-8H2,1-2H3,(H,16,18)/t11-/m0/s1. The molecule has 1 saturated heterocycles. The Hall–Kier alpha value is -1.26. The van der Waals surface area contributed by atoms with Gasteiger partial charge in [-0.3, -0.25) is 4.79 Å². The number of nitrogens with zero attached hydrogens (tertiary/aromatic N) is 1. The van der Waals surface area contributed by atoms with Gasteiger partial charge in [-0.2, -0.15) is 0 Å². The summed E-state index contributed by atoms with van der Waals surface area (Å²) in [7, 11) is 0. The minimum Gasteiger partial charge on any atom is -0.378 e. The Morgan fingerprint density at radius 3 is 2.74 bits per heavy atom. The van der Waals surface area contributed by atoms with Gasteiger partial charge in [0.25, 0.3) is 0 Å². The fourth-order valence-corrected chi connectivity index (χ4v) is 2.12. The van der Waals surface area contributed by atoms with Crippen LogP contribution >= 0.6 is 11.6 Å². The second kappa shape index (κ2) is 6.26. The lowest BCUT2D eigenvalue weighted by Gasteiger charge is -2.30. The Bertz CT molecular complexity index is 457. The van der Waals surface area contributed by atoms with Gasteiger partial charge >= 0.3 is 0 Å². The van der Waals surface area contributed by atoms with E-state index in [1.165, 1.54) is 0 Å². The summed E-state index contributed by atoms with van der Waals surface area (Å²) in [5.41, 5.74) is 2.95. The molecular formula is C14H19ClN2O2. The molecule has 0 bridgehead atoms. The number of nitrogens with one attached hydrogen (secondary N) is 1. The van der Waals surface area contributed by atoms with Gasteiger partial charge in [0.1, 0.15) is 5.38 Å². The van der Waals surface area contributed by atoms with E-state index in [9.17, 15) is 4.79 Å². The zero-order valence-electron chi connectivity index (χ0n) is 11.3. The van der Waals surface area contributed by atoms with Gasteiger partial charge in [-0.25, -0.2) is 0 Å². The van der Waals surface area contributed by atoms with E-state index in [2.05, 4.69) is 10.2 Å². The van der Waals surface area contributed by atoms with Crippen molar-refractivity contribution in [2.24, 2.45) is 0 Å². The number of ether oxygens (including phenoxy) is 1. The number of benzene rings is 1. The van der Waals surface area contributed by atoms with E-state index in [0.29, 0.717) is 13.2 Å². The van der Waals surface area contributed by atoms with Crippen LogP contribution in [-0.4, -0.2) is 37.6 Å². The van der Waals surface area contributed by atoms with Crippen LogP contribution in [0.4, 0.5) is 11.4 Å². The van der Waals surface area contributed by atoms with Crippen LogP contribution in [0.5, 0.6) is 0 Å². The Labute approximate surface area is 118 Å². The SMILES string of the molecule is Cc1ccc(N2CCOCC2)c(NC(=O)[C@H](C)Cl)c1. The van der Waals surface area contributed by atoms with Crippen molar-refractivity contribution in [1.82, 2.24) is 0 Å². The first-order valence-electron chi connectivity index (χ1n) is 6.46. The fourth-order valence-electron chi connectivity index (χ4n) is 2.06. The van der Waals surface area contributed by atoms with E-state index in [4.69, 9.17) is 16.3 Å². The average Bonchev–Trinajstić information content (AvgIpc) is 2.39. The molecule has 1 aliphatic heterocycles. The van der Waals surface area contributed by atoms with E-state index < -0.39 is 5.38 Å². The molecule has 19 heavy (non-hydrogen) atoms. The molecule has 1 aromatic rings. The number of carbonyl (C=O) groups is 1. The van der Waals surface area contributed by atoms with E-state index in [-0.39, 0.29) is 5.91 Å². The Morgan fingerprint density at radius 2 is 2.11 bits per heavy atom. The summed E-state index contributed by atoms with van der Waals surface area (Å²) in [6.45, 7) is 6.77. The normalized spacial score (nSPS) is 17.1. The maximum atomic E-state index is 11.8. The van der Waals surface area contributed by atoms with Crippen LogP contribution in [0.3, 0.4) is 0 Å². The highest BCUT2D eigenvalue weighted by molar-refractivity contribution is 6.32. The number of aryl methyl sites for hydroxylation is 1. The lowest BCUT2D eigenvalue weighted by Crippen LogP contribution is -2.37. The summed E-state index contributed by atoms with van der Waals surface area (Å²) in [6, 6.07) is 6.06. The van der Waals surface area contributed by atoms with Crippen molar-refractivity contribution in [3.8, 4) is 0 Å². The molecule has 0 spiro atoms. The summed E-state index contributed by atoms with van der Waals surface area (Å²) in [5, 5.41) is 2.35. The summed E-state index contributed by atoms with van der Waals surface area (Å²) in [6.07, 6.45) is 0. The van der Waals surface area contributed by atoms with Gasteiger partial charge in [-0.05, 0) is 31.5 Å². The highest BCUT2D eigenvalue weighted by Crippen LogP contribution is 2.28. The number of amides is 1. The maximum Gasteiger partial charge on any atom is 0.242 e. The Kier molecular flexibility index (Phi) is 4.66. The van der Waals surface area contributed by atoms with Crippen LogP contribution in [0.2, 0.25) is 0 Å². The lowest BCUT2D eigenvalue weighted by molar-refractivity contribution is -0.115. The molecule has 0 saturated carbocycles. The third kappa shape index (κ3) is 3.61. The topological polar surface area (TPSA) is 41.6 Å². The third-order valence-corrected chi connectivity index (χ3v) is 3.32. The summed E-state index contributed by atoms with van der Waals surface area (Å²) in [5.74, 6) is -0.179. The first-order chi connectivity index (χ1) is 9.08. The third-order valence-electron chi connectivity index (χ3n) is 3.12. The molecular weight excluding hydrogens is 264 g/mol. The van der Waals surface area contributed by atoms with Crippen LogP contribution in [0, 0.1) is 6.92 Å². The molecule has 1 heterocycles. The number of alkyl halides is 1. The van der Waals surface area contributed by atoms with Gasteiger partial charge in [0, 0.05) is 13.1 Å². The molecule has 104 valence electrons. The predicted molar refractivity (Wildman–Crippen MR) is 78.2 cm³/mol. The number of anilines is 2. The second-order valence-electron chi connectivity index (χ2n) is 4.73. The number of hydrogen-bond donors (Lipinski definition) is 1. The molecule has 0 radical (unpaired) electrons. The van der Waals surface area contributed by atoms with Gasteiger partial charge in [-0.1, -0.05) is 6.07 Å². The number of rotatable bonds is 3. The van der Waals surface area contributed by atoms with Gasteiger partial charge in [0.2, 0.25) is 5.91 Å². The molecule has 0 unspecified atom stereocenters. The van der Waals surface area contributed by atoms with Crippen molar-refractivity contribution >= 4 is 28.9 Å². The van der Waals surface area contributed by atoms with Crippen molar-refractivity contribution in [2.45, 2.75) is 19.2 Å². The quantitative estimate of drug-likeness (QED) is 0.866. The van der Waals surface area contributed by atoms with E-state index in [1.807, 2.05) is 25.1 Å². The van der Waals surface area contributed by atoms with Crippen molar-refractivity contribution in [3.63, 3.8) is 0 Å². The second-order valence-corrected chi connectivity index (χ2v) is 5.38. The zero-order valence-corrected chi connectivity index (χ0v) is 12.0. The van der Waals surface area contributed by atoms with Crippen LogP contribution in [0.1, 0.15) is 12.5 Å². The van der Waals surface area contributed by atoms with Crippen molar-refractivity contribution in [2.75, 3.05) is 36.5 Å². The lowest BCUT2D eigenvalue weighted by atomic mass is 10.1. The Morgan fingerprint density at radius 1 is 1.42 bits per heavy atom. The minimum atomic E-state index is -0.543. The molecule has 4 nitrogen and oxygen atoms in total. The van der Waals surface area contributed by atoms with E-state index in [0.717, 1.165) is 30.0 Å². The molecule has 0 aliphatic carbocycles.